The average Bonchev–Trinajstić information content (AvgIpc) is 2.38. The van der Waals surface area contributed by atoms with Crippen molar-refractivity contribution >= 4 is 11.7 Å². The van der Waals surface area contributed by atoms with Crippen molar-refractivity contribution in [3.8, 4) is 5.75 Å². The number of pyridine rings is 1. The van der Waals surface area contributed by atoms with Gasteiger partial charge >= 0.3 is 5.97 Å². The Kier molecular flexibility index (Phi) is 3.43. The molecule has 1 aromatic carbocycles. The summed E-state index contributed by atoms with van der Waals surface area (Å²) >= 11 is 0. The van der Waals surface area contributed by atoms with Crippen LogP contribution in [0.4, 0.5) is 5.69 Å². The van der Waals surface area contributed by atoms with Crippen LogP contribution in [0, 0.1) is 0 Å². The minimum Gasteiger partial charge on any atom is -0.506 e. The van der Waals surface area contributed by atoms with Gasteiger partial charge in [-0.3, -0.25) is 4.98 Å². The minimum atomic E-state index is -0.957. The largest absolute Gasteiger partial charge is 0.506 e. The maximum absolute atomic E-state index is 10.8. The number of carboxylic acids is 1. The smallest absolute Gasteiger partial charge is 0.335 e. The number of hydrogen-bond donors (Lipinski definition) is 3. The molecule has 1 aromatic heterocycles. The van der Waals surface area contributed by atoms with Gasteiger partial charge in [-0.15, -0.1) is 0 Å². The van der Waals surface area contributed by atoms with Crippen LogP contribution in [-0.4, -0.2) is 21.2 Å². The van der Waals surface area contributed by atoms with Crippen LogP contribution in [0.25, 0.3) is 0 Å². The molecule has 0 bridgehead atoms. The standard InChI is InChI=1S/C13H12N2O3/c16-12-5-4-11(15-8-12)7-14-10-3-1-2-9(6-10)13(17)18/h1-6,8,14,16H,7H2,(H,17,18). The number of rotatable bonds is 4. The van der Waals surface area contributed by atoms with E-state index in [1.165, 1.54) is 12.3 Å². The molecule has 3 N–H and O–H groups in total. The first-order valence-corrected chi connectivity index (χ1v) is 5.36. The average molecular weight is 244 g/mol. The number of aromatic nitrogens is 1. The summed E-state index contributed by atoms with van der Waals surface area (Å²) in [5, 5.41) is 21.0. The zero-order valence-corrected chi connectivity index (χ0v) is 9.50. The van der Waals surface area contributed by atoms with Crippen LogP contribution >= 0.6 is 0 Å². The number of aromatic hydroxyl groups is 1. The van der Waals surface area contributed by atoms with E-state index in [1.54, 1.807) is 30.3 Å². The minimum absolute atomic E-state index is 0.117. The first kappa shape index (κ1) is 11.9. The molecule has 5 nitrogen and oxygen atoms in total. The molecular formula is C13H12N2O3. The van der Waals surface area contributed by atoms with Crippen LogP contribution in [0.15, 0.2) is 42.6 Å². The van der Waals surface area contributed by atoms with E-state index in [2.05, 4.69) is 10.3 Å². The monoisotopic (exact) mass is 244 g/mol. The predicted molar refractivity (Wildman–Crippen MR) is 66.6 cm³/mol. The van der Waals surface area contributed by atoms with Gasteiger partial charge in [0, 0.05) is 5.69 Å². The Labute approximate surface area is 104 Å². The molecule has 0 aliphatic carbocycles. The molecule has 0 amide bonds. The van der Waals surface area contributed by atoms with Crippen LogP contribution in [0.2, 0.25) is 0 Å². The van der Waals surface area contributed by atoms with Gasteiger partial charge in [0.1, 0.15) is 5.75 Å². The lowest BCUT2D eigenvalue weighted by molar-refractivity contribution is 0.0697. The highest BCUT2D eigenvalue weighted by Gasteiger charge is 2.03. The van der Waals surface area contributed by atoms with E-state index in [-0.39, 0.29) is 11.3 Å². The summed E-state index contributed by atoms with van der Waals surface area (Å²) in [4.78, 5) is 14.8. The fourth-order valence-electron chi connectivity index (χ4n) is 1.48. The molecule has 0 radical (unpaired) electrons. The van der Waals surface area contributed by atoms with Crippen molar-refractivity contribution in [3.05, 3.63) is 53.9 Å². The van der Waals surface area contributed by atoms with Crippen molar-refractivity contribution in [2.75, 3.05) is 5.32 Å². The molecule has 0 unspecified atom stereocenters. The number of nitrogens with one attached hydrogen (secondary N) is 1. The summed E-state index contributed by atoms with van der Waals surface area (Å²) in [6.45, 7) is 0.462. The van der Waals surface area contributed by atoms with Crippen molar-refractivity contribution in [2.24, 2.45) is 0 Å². The summed E-state index contributed by atoms with van der Waals surface area (Å²) in [5.41, 5.74) is 1.71. The molecule has 18 heavy (non-hydrogen) atoms. The number of carboxylic acid groups (broad SMARTS) is 1. The van der Waals surface area contributed by atoms with E-state index >= 15 is 0 Å². The maximum Gasteiger partial charge on any atom is 0.335 e. The Balaban J connectivity index is 2.04. The summed E-state index contributed by atoms with van der Waals surface area (Å²) in [5.74, 6) is -0.840. The number of nitrogens with zero attached hydrogens (tertiary/aromatic N) is 1. The lowest BCUT2D eigenvalue weighted by atomic mass is 10.2. The van der Waals surface area contributed by atoms with Gasteiger partial charge in [-0.25, -0.2) is 4.79 Å². The van der Waals surface area contributed by atoms with Crippen molar-refractivity contribution in [3.63, 3.8) is 0 Å². The Bertz CT molecular complexity index is 552. The fourth-order valence-corrected chi connectivity index (χ4v) is 1.48. The quantitative estimate of drug-likeness (QED) is 0.767. The highest BCUT2D eigenvalue weighted by molar-refractivity contribution is 5.88. The Morgan fingerprint density at radius 2 is 2.11 bits per heavy atom. The fraction of sp³-hybridized carbons (Fsp3) is 0.0769. The maximum atomic E-state index is 10.8. The number of carbonyl (C=O) groups is 1. The Morgan fingerprint density at radius 3 is 2.78 bits per heavy atom. The van der Waals surface area contributed by atoms with Crippen LogP contribution in [0.5, 0.6) is 5.75 Å². The predicted octanol–water partition coefficient (Wildman–Crippen LogP) is 2.10. The highest BCUT2D eigenvalue weighted by atomic mass is 16.4. The molecule has 0 aliphatic rings. The van der Waals surface area contributed by atoms with Crippen LogP contribution in [-0.2, 0) is 6.54 Å². The molecule has 0 fully saturated rings. The second kappa shape index (κ2) is 5.18. The van der Waals surface area contributed by atoms with Gasteiger partial charge in [0.25, 0.3) is 0 Å². The van der Waals surface area contributed by atoms with Crippen LogP contribution in [0.1, 0.15) is 16.1 Å². The summed E-state index contributed by atoms with van der Waals surface area (Å²) in [6, 6.07) is 9.80. The third kappa shape index (κ3) is 2.98. The highest BCUT2D eigenvalue weighted by Crippen LogP contribution is 2.12. The van der Waals surface area contributed by atoms with Crippen LogP contribution in [0.3, 0.4) is 0 Å². The van der Waals surface area contributed by atoms with Crippen LogP contribution < -0.4 is 5.32 Å². The lowest BCUT2D eigenvalue weighted by Gasteiger charge is -2.06. The van der Waals surface area contributed by atoms with E-state index in [4.69, 9.17) is 10.2 Å². The topological polar surface area (TPSA) is 82.5 Å². The number of aromatic carboxylic acids is 1. The molecule has 5 heteroatoms. The molecule has 1 heterocycles. The number of anilines is 1. The molecule has 2 rings (SSSR count). The van der Waals surface area contributed by atoms with E-state index in [0.717, 1.165) is 5.69 Å². The molecule has 0 aliphatic heterocycles. The third-order valence-corrected chi connectivity index (χ3v) is 2.39. The molecule has 2 aromatic rings. The van der Waals surface area contributed by atoms with E-state index in [0.29, 0.717) is 12.2 Å². The Morgan fingerprint density at radius 1 is 1.28 bits per heavy atom. The van der Waals surface area contributed by atoms with Gasteiger partial charge in [0.15, 0.2) is 0 Å². The van der Waals surface area contributed by atoms with Gasteiger partial charge in [-0.1, -0.05) is 6.07 Å². The van der Waals surface area contributed by atoms with Gasteiger partial charge in [-0.2, -0.15) is 0 Å². The third-order valence-electron chi connectivity index (χ3n) is 2.39. The molecule has 92 valence electrons. The lowest BCUT2D eigenvalue weighted by Crippen LogP contribution is -2.03. The molecule has 0 saturated heterocycles. The van der Waals surface area contributed by atoms with Crippen molar-refractivity contribution < 1.29 is 15.0 Å². The zero-order chi connectivity index (χ0) is 13.0. The zero-order valence-electron chi connectivity index (χ0n) is 9.50. The van der Waals surface area contributed by atoms with Crippen molar-refractivity contribution in [1.82, 2.24) is 4.98 Å². The molecular weight excluding hydrogens is 232 g/mol. The summed E-state index contributed by atoms with van der Waals surface area (Å²) in [7, 11) is 0. The molecule has 0 saturated carbocycles. The van der Waals surface area contributed by atoms with Crippen molar-refractivity contribution in [2.45, 2.75) is 6.54 Å². The summed E-state index contributed by atoms with van der Waals surface area (Å²) in [6.07, 6.45) is 1.37. The van der Waals surface area contributed by atoms with Crippen molar-refractivity contribution in [1.29, 1.82) is 0 Å². The first-order chi connectivity index (χ1) is 8.65. The van der Waals surface area contributed by atoms with Gasteiger partial charge in [-0.05, 0) is 30.3 Å². The summed E-state index contributed by atoms with van der Waals surface area (Å²) < 4.78 is 0. The normalized spacial score (nSPS) is 10.0. The van der Waals surface area contributed by atoms with Gasteiger partial charge in [0.05, 0.1) is 24.0 Å². The molecule has 0 spiro atoms. The number of hydrogen-bond acceptors (Lipinski definition) is 4. The van der Waals surface area contributed by atoms with E-state index < -0.39 is 5.97 Å². The Hall–Kier alpha value is -2.56. The van der Waals surface area contributed by atoms with Gasteiger partial charge < -0.3 is 15.5 Å². The molecule has 0 atom stereocenters. The number of benzene rings is 1. The second-order valence-electron chi connectivity index (χ2n) is 3.75. The SMILES string of the molecule is O=C(O)c1cccc(NCc2ccc(O)cn2)c1. The van der Waals surface area contributed by atoms with E-state index in [1.807, 2.05) is 0 Å². The van der Waals surface area contributed by atoms with E-state index in [9.17, 15) is 4.79 Å². The second-order valence-corrected chi connectivity index (χ2v) is 3.75. The first-order valence-electron chi connectivity index (χ1n) is 5.36. The van der Waals surface area contributed by atoms with Gasteiger partial charge in [0.2, 0.25) is 0 Å².